The smallest absolute Gasteiger partial charge is 0.408 e. The van der Waals surface area contributed by atoms with Crippen molar-refractivity contribution < 1.29 is 42.9 Å². The van der Waals surface area contributed by atoms with Gasteiger partial charge in [-0.2, -0.15) is 5.10 Å². The Labute approximate surface area is 351 Å². The van der Waals surface area contributed by atoms with Gasteiger partial charge in [0, 0.05) is 28.5 Å². The van der Waals surface area contributed by atoms with Gasteiger partial charge in [-0.15, -0.1) is 0 Å². The summed E-state index contributed by atoms with van der Waals surface area (Å²) in [7, 11) is 1.56. The van der Waals surface area contributed by atoms with Crippen LogP contribution in [-0.2, 0) is 35.1 Å². The van der Waals surface area contributed by atoms with Gasteiger partial charge in [0.25, 0.3) is 0 Å². The van der Waals surface area contributed by atoms with Crippen molar-refractivity contribution in [2.45, 2.75) is 111 Å². The zero-order valence-corrected chi connectivity index (χ0v) is 36.5. The van der Waals surface area contributed by atoms with Gasteiger partial charge in [-0.25, -0.2) is 23.9 Å². The van der Waals surface area contributed by atoms with Crippen LogP contribution in [0.15, 0.2) is 59.8 Å². The predicted octanol–water partition coefficient (Wildman–Crippen LogP) is 7.37. The van der Waals surface area contributed by atoms with E-state index in [0.717, 1.165) is 22.5 Å². The number of esters is 2. The number of carbonyl (C=O) groups excluding carboxylic acids is 4. The molecule has 2 N–H and O–H groups in total. The Morgan fingerprint density at radius 3 is 1.76 bits per heavy atom. The lowest BCUT2D eigenvalue weighted by atomic mass is 10.0. The van der Waals surface area contributed by atoms with E-state index in [9.17, 15) is 19.2 Å². The van der Waals surface area contributed by atoms with Crippen molar-refractivity contribution >= 4 is 53.4 Å². The van der Waals surface area contributed by atoms with Crippen molar-refractivity contribution in [1.29, 1.82) is 0 Å². The molecule has 1 fully saturated rings. The highest BCUT2D eigenvalue weighted by molar-refractivity contribution is 6.30. The Bertz CT molecular complexity index is 1950. The van der Waals surface area contributed by atoms with Crippen LogP contribution in [0.2, 0.25) is 5.02 Å². The van der Waals surface area contributed by atoms with Gasteiger partial charge in [-0.3, -0.25) is 0 Å². The maximum absolute atomic E-state index is 13.8. The molecule has 0 aliphatic carbocycles. The first-order chi connectivity index (χ1) is 27.6. The minimum Gasteiger partial charge on any atom is -0.495 e. The number of nitrogens with one attached hydrogen (secondary N) is 2. The van der Waals surface area contributed by atoms with Crippen molar-refractivity contribution in [3.63, 3.8) is 0 Å². The van der Waals surface area contributed by atoms with Crippen LogP contribution >= 0.6 is 11.6 Å². The number of aromatic nitrogens is 1. The van der Waals surface area contributed by atoms with E-state index >= 15 is 0 Å². The molecule has 2 amide bonds. The lowest BCUT2D eigenvalue weighted by molar-refractivity contribution is -0.167. The van der Waals surface area contributed by atoms with Crippen molar-refractivity contribution in [1.82, 2.24) is 15.3 Å². The third-order valence-electron chi connectivity index (χ3n) is 9.47. The van der Waals surface area contributed by atoms with Crippen LogP contribution < -0.4 is 25.2 Å². The molecule has 0 saturated carbocycles. The zero-order chi connectivity index (χ0) is 43.4. The molecule has 3 aromatic rings. The molecule has 0 spiro atoms. The molecule has 1 saturated heterocycles. The fourth-order valence-electron chi connectivity index (χ4n) is 6.60. The van der Waals surface area contributed by atoms with Crippen LogP contribution in [0.1, 0.15) is 74.9 Å². The van der Waals surface area contributed by atoms with Crippen LogP contribution in [0, 0.1) is 11.8 Å². The van der Waals surface area contributed by atoms with E-state index in [4.69, 9.17) is 35.3 Å². The number of hydrogen-bond donors (Lipinski definition) is 2. The van der Waals surface area contributed by atoms with Crippen molar-refractivity contribution in [3.8, 4) is 16.9 Å². The molecular formula is C43H57ClN6O9. The topological polar surface area (TPSA) is 162 Å². The van der Waals surface area contributed by atoms with Crippen LogP contribution in [-0.4, -0.2) is 90.8 Å². The summed E-state index contributed by atoms with van der Waals surface area (Å²) in [6.07, 6.45) is 0.254. The van der Waals surface area contributed by atoms with E-state index in [1.807, 2.05) is 63.1 Å². The van der Waals surface area contributed by atoms with E-state index in [1.165, 1.54) is 0 Å². The first-order valence-electron chi connectivity index (χ1n) is 19.7. The van der Waals surface area contributed by atoms with Gasteiger partial charge in [0.2, 0.25) is 0 Å². The highest BCUT2D eigenvalue weighted by Crippen LogP contribution is 2.37. The molecular weight excluding hydrogens is 780 g/mol. The molecule has 0 unspecified atom stereocenters. The minimum absolute atomic E-state index is 0.120. The average Bonchev–Trinajstić information content (AvgIpc) is 3.74. The number of benzene rings is 2. The van der Waals surface area contributed by atoms with Gasteiger partial charge in [-0.1, -0.05) is 51.4 Å². The Morgan fingerprint density at radius 2 is 1.29 bits per heavy atom. The molecule has 0 radical (unpaired) electrons. The zero-order valence-electron chi connectivity index (χ0n) is 35.7. The number of fused-ring (bicyclic) bond motifs is 1. The quantitative estimate of drug-likeness (QED) is 0.138. The second-order valence-electron chi connectivity index (χ2n) is 17.4. The number of alkyl carbamates (subject to hydrolysis) is 2. The third-order valence-corrected chi connectivity index (χ3v) is 9.73. The lowest BCUT2D eigenvalue weighted by Gasteiger charge is -2.28. The van der Waals surface area contributed by atoms with Crippen LogP contribution in [0.3, 0.4) is 0 Å². The number of ether oxygens (including phenoxy) is 5. The third kappa shape index (κ3) is 11.8. The molecule has 2 aliphatic rings. The lowest BCUT2D eigenvalue weighted by Crippen LogP contribution is -2.50. The van der Waals surface area contributed by atoms with Gasteiger partial charge in [0.05, 0.1) is 38.1 Å². The van der Waals surface area contributed by atoms with Crippen molar-refractivity contribution in [2.24, 2.45) is 16.9 Å². The van der Waals surface area contributed by atoms with Crippen LogP contribution in [0.4, 0.5) is 21.0 Å². The largest absolute Gasteiger partial charge is 0.495 e. The number of anilines is 2. The van der Waals surface area contributed by atoms with Gasteiger partial charge >= 0.3 is 24.1 Å². The summed E-state index contributed by atoms with van der Waals surface area (Å²) >= 11 is 6.10. The fourth-order valence-corrected chi connectivity index (χ4v) is 6.72. The molecule has 15 nitrogen and oxygen atoms in total. The molecule has 0 bridgehead atoms. The van der Waals surface area contributed by atoms with Gasteiger partial charge in [-0.05, 0) is 89.3 Å². The SMILES string of the molecule is COc1cc(N2C=Nn3cc(-c4ccc(Cl)cc4)cc3C2)ccc1N1C[C@H](OC(=O)[C@@H](NC(=O)OC(C)(C)C)C(C)C)[C@H](OC(=O)[C@@H](NC(=O)OC(C)(C)C)C(C)C)C1. The summed E-state index contributed by atoms with van der Waals surface area (Å²) in [6.45, 7) is 18.2. The minimum atomic E-state index is -1.06. The van der Waals surface area contributed by atoms with Crippen LogP contribution in [0.5, 0.6) is 5.75 Å². The maximum Gasteiger partial charge on any atom is 0.408 e. The number of nitrogens with zero attached hydrogens (tertiary/aromatic N) is 4. The number of hydrogen-bond acceptors (Lipinski definition) is 12. The number of amides is 2. The average molecular weight is 837 g/mol. The first-order valence-corrected chi connectivity index (χ1v) is 20.1. The van der Waals surface area contributed by atoms with Gasteiger partial charge < -0.3 is 44.1 Å². The maximum atomic E-state index is 13.8. The molecule has 2 aliphatic heterocycles. The van der Waals surface area contributed by atoms with Crippen molar-refractivity contribution in [3.05, 3.63) is 65.4 Å². The Morgan fingerprint density at radius 1 is 0.763 bits per heavy atom. The predicted molar refractivity (Wildman–Crippen MR) is 226 cm³/mol. The molecule has 1 aromatic heterocycles. The van der Waals surface area contributed by atoms with E-state index in [1.54, 1.807) is 82.7 Å². The number of halogens is 1. The standard InChI is InChI=1S/C43H57ClN6O9/c1-25(2)36(46-40(53)58-42(5,6)7)38(51)56-34-22-48(23-35(34)57-39(52)37(26(3)4)47-41(54)59-43(8,9)10)32-17-16-30(19-33(32)55-11)49-21-31-18-28(20-50(31)45-24-49)27-12-14-29(44)15-13-27/h12-20,24-26,34-37H,21-23H2,1-11H3,(H,46,53)(H,47,54)/t34-,35+,36-,37-/m0/s1. The van der Waals surface area contributed by atoms with Crippen molar-refractivity contribution in [2.75, 3.05) is 30.0 Å². The fraction of sp³-hybridized carbons (Fsp3) is 0.512. The summed E-state index contributed by atoms with van der Waals surface area (Å²) in [5.74, 6) is -1.65. The Hall–Kier alpha value is -5.44. The number of methoxy groups -OCH3 is 1. The monoisotopic (exact) mass is 836 g/mol. The number of carbonyl (C=O) groups is 4. The summed E-state index contributed by atoms with van der Waals surface area (Å²) in [5.41, 5.74) is 2.94. The van der Waals surface area contributed by atoms with E-state index in [0.29, 0.717) is 23.0 Å². The normalized spacial score (nSPS) is 17.6. The molecule has 5 rings (SSSR count). The summed E-state index contributed by atoms with van der Waals surface area (Å²) < 4.78 is 30.7. The molecule has 59 heavy (non-hydrogen) atoms. The molecule has 16 heteroatoms. The van der Waals surface area contributed by atoms with E-state index in [-0.39, 0.29) is 24.9 Å². The summed E-state index contributed by atoms with van der Waals surface area (Å²) in [5, 5.41) is 10.6. The van der Waals surface area contributed by atoms with Crippen LogP contribution in [0.25, 0.3) is 11.1 Å². The first kappa shape index (κ1) is 44.7. The molecule has 3 heterocycles. The number of rotatable bonds is 12. The molecule has 320 valence electrons. The summed E-state index contributed by atoms with van der Waals surface area (Å²) in [4.78, 5) is 56.9. The molecule has 2 aromatic carbocycles. The van der Waals surface area contributed by atoms with Gasteiger partial charge in [0.1, 0.15) is 35.4 Å². The Balaban J connectivity index is 1.38. The summed E-state index contributed by atoms with van der Waals surface area (Å²) in [6, 6.07) is 13.3. The van der Waals surface area contributed by atoms with E-state index in [2.05, 4.69) is 21.8 Å². The highest BCUT2D eigenvalue weighted by atomic mass is 35.5. The van der Waals surface area contributed by atoms with Gasteiger partial charge in [0.15, 0.2) is 12.2 Å². The second kappa shape index (κ2) is 18.2. The highest BCUT2D eigenvalue weighted by Gasteiger charge is 2.43. The second-order valence-corrected chi connectivity index (χ2v) is 17.8. The molecule has 4 atom stereocenters. The Kier molecular flexibility index (Phi) is 13.8. The van der Waals surface area contributed by atoms with E-state index < -0.39 is 59.6 Å².